The lowest BCUT2D eigenvalue weighted by atomic mass is 10.0. The molecule has 0 aromatic carbocycles. The van der Waals surface area contributed by atoms with E-state index in [0.717, 1.165) is 6.33 Å². The van der Waals surface area contributed by atoms with Crippen molar-refractivity contribution in [3.63, 3.8) is 0 Å². The number of aromatic amines is 3. The summed E-state index contributed by atoms with van der Waals surface area (Å²) in [4.78, 5) is 150. The van der Waals surface area contributed by atoms with Crippen molar-refractivity contribution in [1.82, 2.24) is 102 Å². The van der Waals surface area contributed by atoms with Gasteiger partial charge in [-0.2, -0.15) is 15.0 Å². The van der Waals surface area contributed by atoms with Crippen LogP contribution in [0.3, 0.4) is 0 Å². The van der Waals surface area contributed by atoms with Gasteiger partial charge in [0.15, 0.2) is 106 Å². The molecule has 57 nitrogen and oxygen atoms in total. The number of hydrogen-bond acceptors (Lipinski definition) is 48. The molecule has 20 N–H and O–H groups in total. The number of fused-ring (bicyclic) bond motifs is 12. The summed E-state index contributed by atoms with van der Waals surface area (Å²) < 4.78 is 194. The highest BCUT2D eigenvalue weighted by atomic mass is 32.7. The van der Waals surface area contributed by atoms with Crippen LogP contribution in [0.4, 0.5) is 48.1 Å². The first-order valence-corrected chi connectivity index (χ1v) is 56.3. The molecule has 0 spiro atoms. The Kier molecular flexibility index (Phi) is 24.0. The average Bonchev–Trinajstić information content (AvgIpc) is 1.56. The van der Waals surface area contributed by atoms with Gasteiger partial charge in [-0.1, -0.05) is 12.2 Å². The summed E-state index contributed by atoms with van der Waals surface area (Å²) in [6.07, 6.45) is -15.9. The second-order valence-electron chi connectivity index (χ2n) is 32.9. The number of imidazole rings is 6. The van der Waals surface area contributed by atoms with Crippen molar-refractivity contribution < 1.29 is 139 Å². The van der Waals surface area contributed by atoms with Crippen LogP contribution in [0.5, 0.6) is 0 Å². The summed E-state index contributed by atoms with van der Waals surface area (Å²) in [5.74, 6) is -0.699. The van der Waals surface area contributed by atoms with Gasteiger partial charge >= 0.3 is 40.4 Å². The van der Waals surface area contributed by atoms with E-state index in [-0.39, 0.29) is 71.2 Å². The molecule has 24 heterocycles. The van der Waals surface area contributed by atoms with Gasteiger partial charge in [-0.15, -0.1) is 0 Å². The van der Waals surface area contributed by atoms with E-state index in [1.54, 1.807) is 31.9 Å². The monoisotopic (exact) mass is 2160 g/mol. The van der Waals surface area contributed by atoms with E-state index >= 15 is 13.2 Å². The summed E-state index contributed by atoms with van der Waals surface area (Å²) in [7, 11) is 0. The van der Waals surface area contributed by atoms with Crippen molar-refractivity contribution in [1.29, 1.82) is 0 Å². The molecule has 12 saturated heterocycles. The molecule has 7 unspecified atom stereocenters. The molecule has 12 bridgehead atoms. The number of ether oxygens (including phenoxy) is 9. The molecule has 0 radical (unpaired) electrons. The third kappa shape index (κ3) is 16.7. The van der Waals surface area contributed by atoms with Crippen molar-refractivity contribution in [2.24, 2.45) is 0 Å². The Morgan fingerprint density at radius 3 is 0.935 bits per heavy atom. The minimum absolute atomic E-state index is 0.0537. The van der Waals surface area contributed by atoms with Gasteiger partial charge in [-0.3, -0.25) is 88.4 Å². The molecule has 12 aliphatic heterocycles. The van der Waals surface area contributed by atoms with Gasteiger partial charge in [0.1, 0.15) is 107 Å². The number of halogens is 3. The lowest BCUT2D eigenvalue weighted by molar-refractivity contribution is -0.183. The SMILES string of the molecule is Nc1nc2c(ncn2[C@@H]2O[C@@H]3COP(O)(=S)OC4[C@H]5OC[C@]4(COP(=O)(S)O[C@@H]2[C@@H]3F)O[C@H]5n2cnc3c(N)ccnc32)c(=O)[nH]1.Nc1nc2c(ncn2[C@@H]2O[C@@H]3COP(O)(=S)O[C@H]4[C@H]5OC[C@]4(COP(O)(=S)O[C@@H]2[C@@H]3F)O[C@H]5n2cnc3c(N)ccnc32)c(=O)[nH]1.Nc1nc2c(ncn2[C@@H]2O[C@@H]3COP(O)(=S)O[C@H]4[C@H]5OC[C@]4(COP(O)(=S)O[C@@H]2[C@@H]3F)O[C@H]5n2cnc3c(N)ccnc32)c(=O)[nH]1. The Morgan fingerprint density at radius 1 is 0.362 bits per heavy atom. The van der Waals surface area contributed by atoms with Gasteiger partial charge in [0, 0.05) is 18.6 Å². The zero-order valence-electron chi connectivity index (χ0n) is 69.2. The molecule has 0 aliphatic carbocycles. The number of pyridine rings is 3. The zero-order chi connectivity index (χ0) is 96.5. The van der Waals surface area contributed by atoms with Gasteiger partial charge in [-0.25, -0.2) is 62.6 Å². The molecule has 30 atom stereocenters. The highest BCUT2D eigenvalue weighted by molar-refractivity contribution is 8.44. The fourth-order valence-electron chi connectivity index (χ4n) is 18.1. The third-order valence-corrected chi connectivity index (χ3v) is 33.6. The van der Waals surface area contributed by atoms with Crippen molar-refractivity contribution in [3.8, 4) is 0 Å². The first kappa shape index (κ1) is 95.2. The number of aromatic nitrogens is 21. The molecule has 0 saturated carbocycles. The third-order valence-electron chi connectivity index (χ3n) is 24.3. The van der Waals surface area contributed by atoms with Crippen molar-refractivity contribution in [2.75, 3.05) is 93.9 Å². The summed E-state index contributed by atoms with van der Waals surface area (Å²) in [6.45, 7) is -29.2. The maximum absolute atomic E-state index is 16.0. The molecule has 12 fully saturated rings. The number of nitrogens with one attached hydrogen (secondary N) is 3. The van der Waals surface area contributed by atoms with Gasteiger partial charge in [-0.05, 0) is 77.2 Å². The molecule has 12 aromatic rings. The molecule has 12 aliphatic rings. The van der Waals surface area contributed by atoms with Crippen LogP contribution in [0.25, 0.3) is 67.0 Å². The Morgan fingerprint density at radius 2 is 0.630 bits per heavy atom. The summed E-state index contributed by atoms with van der Waals surface area (Å²) in [5, 5.41) is 0. The lowest BCUT2D eigenvalue weighted by Gasteiger charge is -2.33. The molecule has 738 valence electrons. The molecular formula is C66H72F3N27O30P6S6. The summed E-state index contributed by atoms with van der Waals surface area (Å²) >= 11 is 30.7. The predicted octanol–water partition coefficient (Wildman–Crippen LogP) is 0.466. The second-order valence-corrected chi connectivity index (χ2v) is 49.7. The van der Waals surface area contributed by atoms with E-state index in [0.29, 0.717) is 50.6 Å². The van der Waals surface area contributed by atoms with E-state index in [1.165, 1.54) is 63.9 Å². The zero-order valence-corrected chi connectivity index (χ0v) is 79.5. The fraction of sp³-hybridized carbons (Fsp3) is 0.500. The van der Waals surface area contributed by atoms with Crippen LogP contribution in [0, 0.1) is 0 Å². The highest BCUT2D eigenvalue weighted by Gasteiger charge is 2.70. The number of rotatable bonds is 6. The number of anilines is 6. The van der Waals surface area contributed by atoms with Crippen LogP contribution in [0.15, 0.2) is 89.1 Å². The van der Waals surface area contributed by atoms with Crippen molar-refractivity contribution in [3.05, 3.63) is 106 Å². The minimum atomic E-state index is -4.43. The Hall–Kier alpha value is -7.71. The first-order chi connectivity index (χ1) is 65.5. The molecular weight excluding hydrogens is 2090 g/mol. The van der Waals surface area contributed by atoms with Crippen LogP contribution in [-0.2, 0) is 161 Å². The topological polar surface area (TPSA) is 751 Å². The van der Waals surface area contributed by atoms with E-state index in [1.807, 2.05) is 0 Å². The molecule has 24 rings (SSSR count). The summed E-state index contributed by atoms with van der Waals surface area (Å²) in [5.41, 5.74) is 31.9. The molecule has 12 aromatic heterocycles. The van der Waals surface area contributed by atoms with E-state index in [2.05, 4.69) is 87.0 Å². The normalized spacial score (nSPS) is 39.7. The van der Waals surface area contributed by atoms with Crippen molar-refractivity contribution >= 4 is 214 Å². The van der Waals surface area contributed by atoms with Gasteiger partial charge in [0.25, 0.3) is 16.7 Å². The van der Waals surface area contributed by atoms with Crippen LogP contribution < -0.4 is 51.1 Å². The quantitative estimate of drug-likeness (QED) is 0.0794. The van der Waals surface area contributed by atoms with Gasteiger partial charge in [0.2, 0.25) is 17.8 Å². The Labute approximate surface area is 795 Å². The summed E-state index contributed by atoms with van der Waals surface area (Å²) in [6, 6.07) is 4.79. The van der Waals surface area contributed by atoms with Crippen LogP contribution in [0.2, 0.25) is 0 Å². The van der Waals surface area contributed by atoms with E-state index in [4.69, 9.17) is 190 Å². The number of thiol groups is 1. The van der Waals surface area contributed by atoms with Gasteiger partial charge < -0.3 is 124 Å². The smallest absolute Gasteiger partial charge is 0.386 e. The average molecular weight is 2160 g/mol. The maximum Gasteiger partial charge on any atom is 0.386 e. The fourth-order valence-corrected chi connectivity index (χ4v) is 26.8. The Balaban J connectivity index is 0.000000119. The number of alkyl halides is 3. The largest absolute Gasteiger partial charge is 0.397 e. The lowest BCUT2D eigenvalue weighted by Crippen LogP contribution is -2.45. The van der Waals surface area contributed by atoms with Crippen LogP contribution in [0.1, 0.15) is 37.4 Å². The van der Waals surface area contributed by atoms with E-state index < -0.39 is 243 Å². The second kappa shape index (κ2) is 34.8. The predicted molar refractivity (Wildman–Crippen MR) is 482 cm³/mol. The molecule has 72 heteroatoms. The highest BCUT2D eigenvalue weighted by Crippen LogP contribution is 2.65. The first-order valence-electron chi connectivity index (χ1n) is 40.6. The van der Waals surface area contributed by atoms with Crippen LogP contribution in [-0.4, -0.2) is 295 Å². The number of H-pyrrole nitrogens is 3. The molecule has 138 heavy (non-hydrogen) atoms. The number of nitrogens with two attached hydrogens (primary N) is 6. The van der Waals surface area contributed by atoms with Crippen molar-refractivity contribution in [2.45, 2.75) is 146 Å². The molecule has 0 amide bonds. The number of nitrogen functional groups attached to an aromatic ring is 6. The van der Waals surface area contributed by atoms with Crippen LogP contribution >= 0.6 is 52.6 Å². The number of nitrogens with zero attached hydrogens (tertiary/aromatic N) is 18. The Bertz CT molecular complexity index is 6780. The number of hydrogen-bond donors (Lipinski definition) is 15. The minimum Gasteiger partial charge on any atom is -0.397 e. The maximum atomic E-state index is 16.0. The van der Waals surface area contributed by atoms with E-state index in [9.17, 15) is 43.4 Å². The standard InChI is InChI=1S/3C22H24FN9O10P2S2/c3*23-10-9-3-37-43(34,45)42-15-14-20(31-6-27-11-8(24)1-2-26-16(11)31)40-22(15,4-36-14)5-38-44(35,46)41-13(10)19(39-9)32-7-28-12-17(32)29-21(25)30-18(12)33/h3*1-2,6-7,9-10,13-15,19-20H,3-5H2,(H2,24,26)(H,34,45)(H,35,46)(H3,25,29,30,33)/t9-,10-,13-,14-,15?,19-,20-,22-,43?,44?;2*9-,10-,13-,14-,15+,19-,20-,22-,43?,44?/m111/s1. The van der Waals surface area contributed by atoms with Gasteiger partial charge in [0.05, 0.1) is 114 Å².